The minimum Gasteiger partial charge on any atom is -0.508 e. The molecule has 0 aliphatic heterocycles. The van der Waals surface area contributed by atoms with E-state index in [1.165, 1.54) is 18.4 Å². The van der Waals surface area contributed by atoms with Crippen LogP contribution in [0.2, 0.25) is 5.15 Å². The Morgan fingerprint density at radius 2 is 2.25 bits per heavy atom. The van der Waals surface area contributed by atoms with Crippen molar-refractivity contribution in [2.45, 2.75) is 0 Å². The summed E-state index contributed by atoms with van der Waals surface area (Å²) in [6.45, 7) is 0. The summed E-state index contributed by atoms with van der Waals surface area (Å²) < 4.78 is 6.85. The number of phenolic OH excluding ortho intramolecular Hbond substituents is 1. The van der Waals surface area contributed by atoms with E-state index in [-0.39, 0.29) is 16.6 Å². The van der Waals surface area contributed by atoms with Crippen LogP contribution in [-0.4, -0.2) is 23.1 Å². The molecule has 0 spiro atoms. The van der Waals surface area contributed by atoms with Crippen molar-refractivity contribution < 1.29 is 14.6 Å². The van der Waals surface area contributed by atoms with Crippen molar-refractivity contribution >= 4 is 49.0 Å². The minimum absolute atomic E-state index is 0.000720. The lowest BCUT2D eigenvalue weighted by molar-refractivity contribution is 0.0992. The van der Waals surface area contributed by atoms with Crippen molar-refractivity contribution in [1.29, 1.82) is 0 Å². The van der Waals surface area contributed by atoms with Crippen molar-refractivity contribution in [2.24, 2.45) is 5.73 Å². The summed E-state index contributed by atoms with van der Waals surface area (Å²) in [4.78, 5) is 15.4. The van der Waals surface area contributed by atoms with E-state index in [9.17, 15) is 9.90 Å². The van der Waals surface area contributed by atoms with Gasteiger partial charge in [-0.05, 0) is 18.2 Å². The van der Waals surface area contributed by atoms with Gasteiger partial charge in [0.2, 0.25) is 0 Å². The third-order valence-corrected chi connectivity index (χ3v) is 4.39. The molecule has 0 saturated heterocycles. The highest BCUT2D eigenvalue weighted by Crippen LogP contribution is 2.44. The van der Waals surface area contributed by atoms with Gasteiger partial charge in [0.25, 0.3) is 5.91 Å². The van der Waals surface area contributed by atoms with Crippen molar-refractivity contribution in [1.82, 2.24) is 4.98 Å². The number of pyridine rings is 1. The van der Waals surface area contributed by atoms with Crippen molar-refractivity contribution in [3.63, 3.8) is 0 Å². The summed E-state index contributed by atoms with van der Waals surface area (Å²) in [6.07, 6.45) is 0. The second-order valence-corrected chi connectivity index (χ2v) is 5.55. The zero-order valence-electron chi connectivity index (χ0n) is 10.3. The topological polar surface area (TPSA) is 85.4 Å². The molecule has 20 heavy (non-hydrogen) atoms. The number of nitrogens with two attached hydrogens (primary N) is 1. The fraction of sp³-hybridized carbons (Fsp3) is 0.0769. The van der Waals surface area contributed by atoms with Gasteiger partial charge in [0.1, 0.15) is 10.9 Å². The molecule has 0 radical (unpaired) electrons. The summed E-state index contributed by atoms with van der Waals surface area (Å²) in [5, 5.41) is 11.2. The van der Waals surface area contributed by atoms with E-state index in [0.29, 0.717) is 15.8 Å². The number of hydrogen-bond acceptors (Lipinski definition) is 5. The first-order valence-electron chi connectivity index (χ1n) is 5.61. The first-order chi connectivity index (χ1) is 9.52. The summed E-state index contributed by atoms with van der Waals surface area (Å²) in [5.41, 5.74) is 5.29. The van der Waals surface area contributed by atoms with Crippen LogP contribution in [0.3, 0.4) is 0 Å². The largest absolute Gasteiger partial charge is 0.508 e. The number of phenols is 1. The number of hydrogen-bond donors (Lipinski definition) is 2. The van der Waals surface area contributed by atoms with Crippen molar-refractivity contribution in [2.75, 3.05) is 7.11 Å². The van der Waals surface area contributed by atoms with Gasteiger partial charge in [-0.25, -0.2) is 4.98 Å². The van der Waals surface area contributed by atoms with E-state index in [4.69, 9.17) is 22.1 Å². The van der Waals surface area contributed by atoms with Crippen LogP contribution in [0.25, 0.3) is 20.2 Å². The van der Waals surface area contributed by atoms with Crippen LogP contribution in [0.15, 0.2) is 18.2 Å². The smallest absolute Gasteiger partial charge is 0.271 e. The summed E-state index contributed by atoms with van der Waals surface area (Å²) >= 11 is 7.56. The monoisotopic (exact) mass is 308 g/mol. The number of primary amides is 1. The fourth-order valence-corrected chi connectivity index (χ4v) is 3.66. The minimum atomic E-state index is -0.703. The van der Waals surface area contributed by atoms with Gasteiger partial charge in [-0.2, -0.15) is 0 Å². The summed E-state index contributed by atoms with van der Waals surface area (Å²) in [6, 6.07) is 4.96. The normalized spacial score (nSPS) is 11.1. The molecule has 0 saturated carbocycles. The van der Waals surface area contributed by atoms with Gasteiger partial charge in [0, 0.05) is 15.5 Å². The highest BCUT2D eigenvalue weighted by molar-refractivity contribution is 7.26. The molecular weight excluding hydrogens is 300 g/mol. The molecule has 102 valence electrons. The highest BCUT2D eigenvalue weighted by atomic mass is 35.5. The van der Waals surface area contributed by atoms with Gasteiger partial charge in [0.05, 0.1) is 11.8 Å². The molecule has 0 aliphatic rings. The lowest BCUT2D eigenvalue weighted by atomic mass is 10.1. The van der Waals surface area contributed by atoms with E-state index < -0.39 is 5.91 Å². The fourth-order valence-electron chi connectivity index (χ4n) is 2.12. The number of methoxy groups -OCH3 is 1. The molecule has 7 heteroatoms. The van der Waals surface area contributed by atoms with Gasteiger partial charge in [-0.15, -0.1) is 11.3 Å². The number of ether oxygens (including phenoxy) is 1. The van der Waals surface area contributed by atoms with Crippen LogP contribution in [0, 0.1) is 0 Å². The number of fused-ring (bicyclic) bond motifs is 3. The number of thiophene rings is 1. The van der Waals surface area contributed by atoms with E-state index in [2.05, 4.69) is 4.98 Å². The highest BCUT2D eigenvalue weighted by Gasteiger charge is 2.21. The van der Waals surface area contributed by atoms with Gasteiger partial charge >= 0.3 is 0 Å². The second-order valence-electron chi connectivity index (χ2n) is 4.14. The number of carbonyl (C=O) groups excluding carboxylic acids is 1. The molecule has 0 fully saturated rings. The lowest BCUT2D eigenvalue weighted by Gasteiger charge is -2.07. The molecular formula is C13H9ClN2O3S. The maximum absolute atomic E-state index is 11.4. The number of carbonyl (C=O) groups is 1. The molecule has 0 unspecified atom stereocenters. The number of nitrogens with zero attached hydrogens (tertiary/aromatic N) is 1. The lowest BCUT2D eigenvalue weighted by Crippen LogP contribution is -2.14. The van der Waals surface area contributed by atoms with Crippen LogP contribution < -0.4 is 10.5 Å². The van der Waals surface area contributed by atoms with Crippen LogP contribution >= 0.6 is 22.9 Å². The van der Waals surface area contributed by atoms with Crippen LogP contribution in [-0.2, 0) is 0 Å². The van der Waals surface area contributed by atoms with Crippen LogP contribution in [0.5, 0.6) is 11.5 Å². The Hall–Kier alpha value is -2.05. The molecule has 0 aliphatic carbocycles. The second kappa shape index (κ2) is 4.50. The Morgan fingerprint density at radius 1 is 1.50 bits per heavy atom. The SMILES string of the molecule is COc1c(C(N)=O)nc(Cl)c2c1sc1ccc(O)cc12. The van der Waals surface area contributed by atoms with E-state index in [0.717, 1.165) is 10.1 Å². The molecule has 3 N–H and O–H groups in total. The third-order valence-electron chi connectivity index (χ3n) is 2.95. The third kappa shape index (κ3) is 1.76. The molecule has 1 amide bonds. The number of aromatic hydroxyl groups is 1. The Labute approximate surface area is 122 Å². The van der Waals surface area contributed by atoms with Gasteiger partial charge in [0.15, 0.2) is 11.4 Å². The molecule has 0 atom stereocenters. The number of rotatable bonds is 2. The first-order valence-corrected chi connectivity index (χ1v) is 6.81. The average Bonchev–Trinajstić information content (AvgIpc) is 2.77. The predicted molar refractivity (Wildman–Crippen MR) is 78.9 cm³/mol. The Bertz CT molecular complexity index is 860. The Morgan fingerprint density at radius 3 is 2.90 bits per heavy atom. The molecule has 3 aromatic rings. The number of aromatic nitrogens is 1. The van der Waals surface area contributed by atoms with E-state index in [1.54, 1.807) is 18.2 Å². The number of benzene rings is 1. The molecule has 2 aromatic heterocycles. The molecule has 5 nitrogen and oxygen atoms in total. The van der Waals surface area contributed by atoms with Crippen molar-refractivity contribution in [3.05, 3.63) is 29.0 Å². The van der Waals surface area contributed by atoms with Crippen molar-refractivity contribution in [3.8, 4) is 11.5 Å². The predicted octanol–water partition coefficient (Wildman–Crippen LogP) is 2.92. The van der Waals surface area contributed by atoms with E-state index in [1.807, 2.05) is 0 Å². The maximum Gasteiger partial charge on any atom is 0.271 e. The zero-order chi connectivity index (χ0) is 14.4. The number of amides is 1. The molecule has 3 rings (SSSR count). The Kier molecular flexibility index (Phi) is 2.92. The molecule has 1 aromatic carbocycles. The zero-order valence-corrected chi connectivity index (χ0v) is 11.9. The van der Waals surface area contributed by atoms with Crippen LogP contribution in [0.4, 0.5) is 0 Å². The standard InChI is InChI=1S/C13H9ClN2O3S/c1-19-10-9(13(15)18)16-12(14)8-6-4-5(17)2-3-7(6)20-11(8)10/h2-4,17H,1H3,(H2,15,18). The average molecular weight is 309 g/mol. The van der Waals surface area contributed by atoms with Crippen LogP contribution in [0.1, 0.15) is 10.5 Å². The molecule has 2 heterocycles. The maximum atomic E-state index is 11.4. The van der Waals surface area contributed by atoms with Gasteiger partial charge in [-0.3, -0.25) is 4.79 Å². The Balaban J connectivity index is 2.54. The summed E-state index contributed by atoms with van der Waals surface area (Å²) in [5.74, 6) is -0.269. The number of halogens is 1. The first kappa shape index (κ1) is 13.0. The van der Waals surface area contributed by atoms with Gasteiger partial charge < -0.3 is 15.6 Å². The molecule has 0 bridgehead atoms. The van der Waals surface area contributed by atoms with Gasteiger partial charge in [-0.1, -0.05) is 11.6 Å². The van der Waals surface area contributed by atoms with E-state index >= 15 is 0 Å². The summed E-state index contributed by atoms with van der Waals surface area (Å²) in [7, 11) is 1.44. The quantitative estimate of drug-likeness (QED) is 0.713.